The molecule has 2 aliphatic rings. The van der Waals surface area contributed by atoms with Crippen LogP contribution in [-0.4, -0.2) is 15.7 Å². The molecule has 1 N–H and O–H groups in total. The number of aromatic nitrogens is 2. The minimum absolute atomic E-state index is 0.408. The third-order valence-electron chi connectivity index (χ3n) is 6.11. The second-order valence-corrected chi connectivity index (χ2v) is 8.82. The maximum atomic E-state index is 4.91. The Kier molecular flexibility index (Phi) is 4.27. The van der Waals surface area contributed by atoms with E-state index in [4.69, 9.17) is 4.99 Å². The molecule has 3 aromatic rings. The van der Waals surface area contributed by atoms with Gasteiger partial charge in [0.2, 0.25) is 0 Å². The lowest BCUT2D eigenvalue weighted by Gasteiger charge is -2.10. The fraction of sp³-hybridized carbons (Fsp3) is 0.308. The van der Waals surface area contributed by atoms with E-state index in [1.54, 1.807) is 0 Å². The summed E-state index contributed by atoms with van der Waals surface area (Å²) in [7, 11) is 0. The summed E-state index contributed by atoms with van der Waals surface area (Å²) in [6.45, 7) is 8.78. The van der Waals surface area contributed by atoms with Crippen LogP contribution in [0.3, 0.4) is 0 Å². The summed E-state index contributed by atoms with van der Waals surface area (Å²) in [5.41, 5.74) is 11.7. The van der Waals surface area contributed by atoms with Gasteiger partial charge in [0.15, 0.2) is 0 Å². The van der Waals surface area contributed by atoms with Crippen molar-refractivity contribution >= 4 is 11.3 Å². The zero-order valence-electron chi connectivity index (χ0n) is 17.6. The van der Waals surface area contributed by atoms with Crippen LogP contribution in [0, 0.1) is 5.92 Å². The number of benzene rings is 2. The molecular weight excluding hydrogens is 354 g/mol. The van der Waals surface area contributed by atoms with Crippen LogP contribution in [0.5, 0.6) is 0 Å². The van der Waals surface area contributed by atoms with Gasteiger partial charge in [0.05, 0.1) is 11.9 Å². The van der Waals surface area contributed by atoms with Crippen molar-refractivity contribution in [2.75, 3.05) is 0 Å². The predicted molar refractivity (Wildman–Crippen MR) is 121 cm³/mol. The lowest BCUT2D eigenvalue weighted by atomic mass is 9.94. The summed E-state index contributed by atoms with van der Waals surface area (Å²) in [4.78, 5) is 12.8. The molecule has 1 aromatic heterocycles. The van der Waals surface area contributed by atoms with Crippen molar-refractivity contribution in [1.82, 2.24) is 9.97 Å². The van der Waals surface area contributed by atoms with E-state index in [1.807, 2.05) is 6.20 Å². The van der Waals surface area contributed by atoms with Crippen molar-refractivity contribution in [3.05, 3.63) is 71.3 Å². The number of H-pyrrole nitrogens is 1. The average molecular weight is 382 g/mol. The molecule has 0 saturated carbocycles. The summed E-state index contributed by atoms with van der Waals surface area (Å²) in [5.74, 6) is 1.98. The highest BCUT2D eigenvalue weighted by Crippen LogP contribution is 2.42. The van der Waals surface area contributed by atoms with E-state index in [2.05, 4.69) is 80.1 Å². The first-order valence-electron chi connectivity index (χ1n) is 10.6. The third kappa shape index (κ3) is 3.15. The largest absolute Gasteiger partial charge is 0.342 e. The van der Waals surface area contributed by atoms with Gasteiger partial charge in [-0.1, -0.05) is 70.2 Å². The van der Waals surface area contributed by atoms with Crippen LogP contribution >= 0.6 is 0 Å². The van der Waals surface area contributed by atoms with Crippen molar-refractivity contribution in [3.63, 3.8) is 0 Å². The maximum Gasteiger partial charge on any atom is 0.109 e. The third-order valence-corrected chi connectivity index (χ3v) is 6.11. The quantitative estimate of drug-likeness (QED) is 0.541. The first-order chi connectivity index (χ1) is 14.0. The molecule has 146 valence electrons. The smallest absolute Gasteiger partial charge is 0.109 e. The predicted octanol–water partition coefficient (Wildman–Crippen LogP) is 6.64. The topological polar surface area (TPSA) is 41.0 Å². The van der Waals surface area contributed by atoms with Gasteiger partial charge in [0.25, 0.3) is 0 Å². The SMILES string of the molecule is CC(C)C1=NC2=C(C1)c1ccc(-c3ccc(-c4cnc(C(C)C)[nH]4)cc3)cc1C2. The molecule has 0 bridgehead atoms. The van der Waals surface area contributed by atoms with Crippen LogP contribution in [0.25, 0.3) is 28.0 Å². The number of aromatic amines is 1. The summed E-state index contributed by atoms with van der Waals surface area (Å²) < 4.78 is 0. The fourth-order valence-electron chi connectivity index (χ4n) is 4.31. The van der Waals surface area contributed by atoms with Crippen molar-refractivity contribution in [3.8, 4) is 22.4 Å². The van der Waals surface area contributed by atoms with Gasteiger partial charge in [0.1, 0.15) is 5.82 Å². The normalized spacial score (nSPS) is 15.3. The van der Waals surface area contributed by atoms with Gasteiger partial charge in [-0.3, -0.25) is 4.99 Å². The summed E-state index contributed by atoms with van der Waals surface area (Å²) in [6, 6.07) is 15.7. The van der Waals surface area contributed by atoms with Crippen LogP contribution in [0.15, 0.2) is 59.4 Å². The Balaban J connectivity index is 1.38. The molecule has 3 heteroatoms. The molecule has 5 rings (SSSR count). The molecule has 3 nitrogen and oxygen atoms in total. The molecule has 0 fully saturated rings. The van der Waals surface area contributed by atoms with Gasteiger partial charge in [-0.15, -0.1) is 0 Å². The van der Waals surface area contributed by atoms with Crippen LogP contribution in [0.1, 0.15) is 57.0 Å². The number of aliphatic imine (C=N–C) groups is 1. The second kappa shape index (κ2) is 6.84. The van der Waals surface area contributed by atoms with Gasteiger partial charge in [0, 0.05) is 30.2 Å². The molecule has 0 unspecified atom stereocenters. The number of hydrogen-bond donors (Lipinski definition) is 1. The Labute approximate surface area is 172 Å². The summed E-state index contributed by atoms with van der Waals surface area (Å²) in [5, 5.41) is 0. The van der Waals surface area contributed by atoms with Crippen molar-refractivity contribution < 1.29 is 0 Å². The van der Waals surface area contributed by atoms with Crippen molar-refractivity contribution in [2.24, 2.45) is 10.9 Å². The van der Waals surface area contributed by atoms with E-state index in [9.17, 15) is 0 Å². The molecule has 0 spiro atoms. The Morgan fingerprint density at radius 2 is 1.55 bits per heavy atom. The van der Waals surface area contributed by atoms with E-state index < -0.39 is 0 Å². The van der Waals surface area contributed by atoms with Gasteiger partial charge >= 0.3 is 0 Å². The van der Waals surface area contributed by atoms with Crippen molar-refractivity contribution in [2.45, 2.75) is 46.5 Å². The highest BCUT2D eigenvalue weighted by molar-refractivity contribution is 6.02. The zero-order valence-corrected chi connectivity index (χ0v) is 17.6. The van der Waals surface area contributed by atoms with Crippen LogP contribution in [-0.2, 0) is 6.42 Å². The molecule has 0 radical (unpaired) electrons. The van der Waals surface area contributed by atoms with Gasteiger partial charge in [-0.2, -0.15) is 0 Å². The van der Waals surface area contributed by atoms with E-state index >= 15 is 0 Å². The highest BCUT2D eigenvalue weighted by Gasteiger charge is 2.28. The molecule has 2 heterocycles. The average Bonchev–Trinajstić information content (AvgIpc) is 3.42. The first-order valence-corrected chi connectivity index (χ1v) is 10.6. The van der Waals surface area contributed by atoms with E-state index in [0.29, 0.717) is 11.8 Å². The Morgan fingerprint density at radius 1 is 0.828 bits per heavy atom. The maximum absolute atomic E-state index is 4.91. The fourth-order valence-corrected chi connectivity index (χ4v) is 4.31. The van der Waals surface area contributed by atoms with Gasteiger partial charge < -0.3 is 4.98 Å². The van der Waals surface area contributed by atoms with Crippen LogP contribution in [0.2, 0.25) is 0 Å². The molecular formula is C26H27N3. The molecule has 0 amide bonds. The molecule has 0 saturated heterocycles. The van der Waals surface area contributed by atoms with E-state index in [1.165, 1.54) is 44.8 Å². The number of nitrogens with zero attached hydrogens (tertiary/aromatic N) is 2. The number of hydrogen-bond acceptors (Lipinski definition) is 2. The lowest BCUT2D eigenvalue weighted by molar-refractivity contribution is 0.795. The monoisotopic (exact) mass is 381 g/mol. The van der Waals surface area contributed by atoms with Crippen LogP contribution < -0.4 is 0 Å². The minimum Gasteiger partial charge on any atom is -0.342 e. The molecule has 2 aromatic carbocycles. The Bertz CT molecular complexity index is 1140. The summed E-state index contributed by atoms with van der Waals surface area (Å²) >= 11 is 0. The number of nitrogens with one attached hydrogen (secondary N) is 1. The van der Waals surface area contributed by atoms with E-state index in [-0.39, 0.29) is 0 Å². The summed E-state index contributed by atoms with van der Waals surface area (Å²) in [6.07, 6.45) is 3.93. The lowest BCUT2D eigenvalue weighted by Crippen LogP contribution is -2.05. The number of fused-ring (bicyclic) bond motifs is 2. The Hall–Kier alpha value is -2.94. The van der Waals surface area contributed by atoms with Gasteiger partial charge in [-0.25, -0.2) is 4.98 Å². The van der Waals surface area contributed by atoms with Gasteiger partial charge in [-0.05, 0) is 39.3 Å². The molecule has 1 aliphatic heterocycles. The highest BCUT2D eigenvalue weighted by atomic mass is 14.9. The first kappa shape index (κ1) is 18.1. The minimum atomic E-state index is 0.408. The van der Waals surface area contributed by atoms with Crippen LogP contribution in [0.4, 0.5) is 0 Å². The number of rotatable bonds is 4. The Morgan fingerprint density at radius 3 is 2.24 bits per heavy atom. The molecule has 0 atom stereocenters. The standard InChI is InChI=1S/C26H27N3/c1-15(2)23-13-22-21-10-9-19(11-20(21)12-24(22)28-23)17-5-7-18(8-6-17)25-14-27-26(29-25)16(3)4/h5-11,14-16H,12-13H2,1-4H3,(H,27,29). The zero-order chi connectivity index (χ0) is 20.1. The molecule has 1 aliphatic carbocycles. The molecule has 29 heavy (non-hydrogen) atoms. The van der Waals surface area contributed by atoms with Crippen molar-refractivity contribution in [1.29, 1.82) is 0 Å². The van der Waals surface area contributed by atoms with E-state index in [0.717, 1.165) is 24.4 Å². The number of imidazole rings is 1. The second-order valence-electron chi connectivity index (χ2n) is 8.82. The number of allylic oxidation sites excluding steroid dienone is 2.